The van der Waals surface area contributed by atoms with Gasteiger partial charge in [0.2, 0.25) is 0 Å². The normalized spacial score (nSPS) is 19.4. The molecule has 2 heterocycles. The molecule has 1 saturated heterocycles. The van der Waals surface area contributed by atoms with Crippen LogP contribution in [0.5, 0.6) is 0 Å². The van der Waals surface area contributed by atoms with Crippen molar-refractivity contribution in [2.24, 2.45) is 0 Å². The van der Waals surface area contributed by atoms with Crippen molar-refractivity contribution in [3.63, 3.8) is 0 Å². The predicted octanol–water partition coefficient (Wildman–Crippen LogP) is 2.67. The average molecular weight is 343 g/mol. The molecular weight excluding hydrogens is 318 g/mol. The third-order valence-corrected chi connectivity index (χ3v) is 4.47. The molecule has 0 bridgehead atoms. The van der Waals surface area contributed by atoms with E-state index >= 15 is 0 Å². The van der Waals surface area contributed by atoms with Crippen molar-refractivity contribution >= 4 is 11.7 Å². The first kappa shape index (κ1) is 17.4. The Morgan fingerprint density at radius 3 is 2.84 bits per heavy atom. The van der Waals surface area contributed by atoms with Gasteiger partial charge in [0.15, 0.2) is 0 Å². The van der Waals surface area contributed by atoms with Crippen molar-refractivity contribution in [1.29, 1.82) is 0 Å². The van der Waals surface area contributed by atoms with Gasteiger partial charge in [0.25, 0.3) is 0 Å². The van der Waals surface area contributed by atoms with Crippen LogP contribution in [0.4, 0.5) is 10.5 Å². The molecule has 2 amide bonds. The molecule has 134 valence electrons. The lowest BCUT2D eigenvalue weighted by Crippen LogP contribution is -2.46. The maximum atomic E-state index is 12.2. The predicted molar refractivity (Wildman–Crippen MR) is 96.5 cm³/mol. The Morgan fingerprint density at radius 1 is 1.32 bits per heavy atom. The van der Waals surface area contributed by atoms with Crippen molar-refractivity contribution in [2.75, 3.05) is 18.0 Å². The Morgan fingerprint density at radius 2 is 2.12 bits per heavy atom. The highest BCUT2D eigenvalue weighted by Crippen LogP contribution is 2.20. The SMILES string of the molecule is C[C@H](C[C@H](O)c1ccco1)NC(=O)N[C@H]1CCN(c2ccccc2)C1. The number of aliphatic hydroxyl groups is 1. The van der Waals surface area contributed by atoms with Crippen molar-refractivity contribution in [2.45, 2.75) is 38.0 Å². The van der Waals surface area contributed by atoms with E-state index in [1.165, 1.54) is 12.0 Å². The summed E-state index contributed by atoms with van der Waals surface area (Å²) in [6.07, 6.45) is 2.14. The van der Waals surface area contributed by atoms with Gasteiger partial charge in [0.05, 0.1) is 6.26 Å². The highest BCUT2D eigenvalue weighted by molar-refractivity contribution is 5.74. The maximum Gasteiger partial charge on any atom is 0.315 e. The molecule has 2 aromatic rings. The summed E-state index contributed by atoms with van der Waals surface area (Å²) in [5.74, 6) is 0.517. The molecule has 0 spiro atoms. The fraction of sp³-hybridized carbons (Fsp3) is 0.421. The minimum Gasteiger partial charge on any atom is -0.467 e. The van der Waals surface area contributed by atoms with Gasteiger partial charge >= 0.3 is 6.03 Å². The molecule has 6 nitrogen and oxygen atoms in total. The van der Waals surface area contributed by atoms with Crippen LogP contribution in [-0.4, -0.2) is 36.3 Å². The first-order valence-corrected chi connectivity index (χ1v) is 8.70. The van der Waals surface area contributed by atoms with E-state index in [4.69, 9.17) is 4.42 Å². The van der Waals surface area contributed by atoms with Gasteiger partial charge in [-0.15, -0.1) is 0 Å². The Kier molecular flexibility index (Phi) is 5.60. The molecule has 3 rings (SSSR count). The Labute approximate surface area is 147 Å². The van der Waals surface area contributed by atoms with Gasteiger partial charge in [-0.1, -0.05) is 18.2 Å². The summed E-state index contributed by atoms with van der Waals surface area (Å²) in [4.78, 5) is 14.4. The number of furan rings is 1. The van der Waals surface area contributed by atoms with Crippen molar-refractivity contribution in [1.82, 2.24) is 10.6 Å². The minimum atomic E-state index is -0.717. The van der Waals surface area contributed by atoms with Gasteiger partial charge in [0.1, 0.15) is 11.9 Å². The van der Waals surface area contributed by atoms with E-state index in [1.54, 1.807) is 12.1 Å². The molecule has 25 heavy (non-hydrogen) atoms. The quantitative estimate of drug-likeness (QED) is 0.753. The van der Waals surface area contributed by atoms with Crippen molar-refractivity contribution < 1.29 is 14.3 Å². The fourth-order valence-corrected chi connectivity index (χ4v) is 3.19. The van der Waals surface area contributed by atoms with Crippen LogP contribution in [0.1, 0.15) is 31.6 Å². The number of urea groups is 1. The zero-order valence-corrected chi connectivity index (χ0v) is 14.4. The first-order chi connectivity index (χ1) is 12.1. The van der Waals surface area contributed by atoms with E-state index in [1.807, 2.05) is 25.1 Å². The number of para-hydroxylation sites is 1. The number of nitrogens with one attached hydrogen (secondary N) is 2. The minimum absolute atomic E-state index is 0.127. The largest absolute Gasteiger partial charge is 0.467 e. The maximum absolute atomic E-state index is 12.2. The number of carbonyl (C=O) groups is 1. The van der Waals surface area contributed by atoms with Crippen LogP contribution in [0, 0.1) is 0 Å². The number of carbonyl (C=O) groups excluding carboxylic acids is 1. The van der Waals surface area contributed by atoms with E-state index < -0.39 is 6.10 Å². The number of aliphatic hydroxyl groups excluding tert-OH is 1. The molecule has 0 saturated carbocycles. The molecule has 1 aromatic carbocycles. The first-order valence-electron chi connectivity index (χ1n) is 8.70. The number of hydrogen-bond acceptors (Lipinski definition) is 4. The lowest BCUT2D eigenvalue weighted by molar-refractivity contribution is 0.129. The van der Waals surface area contributed by atoms with Crippen molar-refractivity contribution in [3.05, 3.63) is 54.5 Å². The zero-order chi connectivity index (χ0) is 17.6. The third-order valence-electron chi connectivity index (χ3n) is 4.47. The molecule has 1 aliphatic rings. The van der Waals surface area contributed by atoms with Gasteiger partial charge in [-0.05, 0) is 37.6 Å². The number of amides is 2. The van der Waals surface area contributed by atoms with Crippen LogP contribution < -0.4 is 15.5 Å². The van der Waals surface area contributed by atoms with Crippen molar-refractivity contribution in [3.8, 4) is 0 Å². The van der Waals surface area contributed by atoms with Gasteiger partial charge in [-0.2, -0.15) is 0 Å². The average Bonchev–Trinajstić information content (AvgIpc) is 3.27. The Bertz CT molecular complexity index is 660. The van der Waals surface area contributed by atoms with E-state index in [-0.39, 0.29) is 18.1 Å². The lowest BCUT2D eigenvalue weighted by Gasteiger charge is -2.21. The fourth-order valence-electron chi connectivity index (χ4n) is 3.19. The Balaban J connectivity index is 1.42. The van der Waals surface area contributed by atoms with Crippen LogP contribution in [0.15, 0.2) is 53.1 Å². The Hall–Kier alpha value is -2.47. The number of benzene rings is 1. The number of nitrogens with zero attached hydrogens (tertiary/aromatic N) is 1. The smallest absolute Gasteiger partial charge is 0.315 e. The van der Waals surface area contributed by atoms with E-state index in [2.05, 4.69) is 27.7 Å². The second kappa shape index (κ2) is 8.07. The van der Waals surface area contributed by atoms with E-state index in [0.717, 1.165) is 19.5 Å². The molecule has 6 heteroatoms. The lowest BCUT2D eigenvalue weighted by atomic mass is 10.1. The summed E-state index contributed by atoms with van der Waals surface area (Å²) in [6, 6.07) is 13.5. The third kappa shape index (κ3) is 4.76. The molecule has 1 aromatic heterocycles. The summed E-state index contributed by atoms with van der Waals surface area (Å²) in [5, 5.41) is 16.0. The number of anilines is 1. The highest BCUT2D eigenvalue weighted by Gasteiger charge is 2.24. The molecule has 3 N–H and O–H groups in total. The van der Waals surface area contributed by atoms with E-state index in [0.29, 0.717) is 12.2 Å². The number of hydrogen-bond donors (Lipinski definition) is 3. The van der Waals surface area contributed by atoms with Crippen LogP contribution in [0.25, 0.3) is 0 Å². The summed E-state index contributed by atoms with van der Waals surface area (Å²) >= 11 is 0. The van der Waals surface area contributed by atoms with Crippen LogP contribution in [0.3, 0.4) is 0 Å². The summed E-state index contributed by atoms with van der Waals surface area (Å²) in [6.45, 7) is 3.61. The van der Waals surface area contributed by atoms with Crippen LogP contribution in [0.2, 0.25) is 0 Å². The van der Waals surface area contributed by atoms with Gasteiger partial charge in [0, 0.05) is 37.3 Å². The standard InChI is InChI=1S/C19H25N3O3/c1-14(12-17(23)18-8-5-11-25-18)20-19(24)21-15-9-10-22(13-15)16-6-3-2-4-7-16/h2-8,11,14-15,17,23H,9-10,12-13H2,1H3,(H2,20,21,24)/t14-,15+,17+/m1/s1. The second-order valence-electron chi connectivity index (χ2n) is 6.55. The van der Waals surface area contributed by atoms with Crippen LogP contribution >= 0.6 is 0 Å². The van der Waals surface area contributed by atoms with Gasteiger partial charge < -0.3 is 25.1 Å². The van der Waals surface area contributed by atoms with Gasteiger partial charge in [-0.3, -0.25) is 0 Å². The molecule has 0 unspecified atom stereocenters. The molecule has 3 atom stereocenters. The summed E-state index contributed by atoms with van der Waals surface area (Å²) in [7, 11) is 0. The molecular formula is C19H25N3O3. The molecule has 1 fully saturated rings. The zero-order valence-electron chi connectivity index (χ0n) is 14.4. The van der Waals surface area contributed by atoms with Crippen LogP contribution in [-0.2, 0) is 0 Å². The van der Waals surface area contributed by atoms with Gasteiger partial charge in [-0.25, -0.2) is 4.79 Å². The van der Waals surface area contributed by atoms with E-state index in [9.17, 15) is 9.90 Å². The topological polar surface area (TPSA) is 77.7 Å². The number of rotatable bonds is 6. The molecule has 1 aliphatic heterocycles. The second-order valence-corrected chi connectivity index (χ2v) is 6.55. The monoisotopic (exact) mass is 343 g/mol. The summed E-state index contributed by atoms with van der Waals surface area (Å²) in [5.41, 5.74) is 1.18. The molecule has 0 radical (unpaired) electrons. The highest BCUT2D eigenvalue weighted by atomic mass is 16.4. The summed E-state index contributed by atoms with van der Waals surface area (Å²) < 4.78 is 5.18. The molecule has 0 aliphatic carbocycles.